The van der Waals surface area contributed by atoms with Gasteiger partial charge in [-0.25, -0.2) is 31.7 Å². The standard InChI is InChI=1S/C25H28F3N5O2S/c1-14(17-4-3-5-18(21(17)26)22(27)28)31-23-20-12-19(25(34)33(2)24(20)30-13-29-23)15-8-10-36(35,11-9-15)32-16-6-7-16/h3-5,12-16,22H,6-11H2,1-2H3,(H,29,30,31)/t14-,15?,36?/m1/s1. The molecule has 0 amide bonds. The summed E-state index contributed by atoms with van der Waals surface area (Å²) in [6.07, 6.45) is 1.61. The molecule has 7 nitrogen and oxygen atoms in total. The Labute approximate surface area is 207 Å². The highest BCUT2D eigenvalue weighted by Crippen LogP contribution is 2.34. The predicted octanol–water partition coefficient (Wildman–Crippen LogP) is 5.09. The highest BCUT2D eigenvalue weighted by atomic mass is 32.2. The van der Waals surface area contributed by atoms with E-state index >= 15 is 0 Å². The normalized spacial score (nSPS) is 23.1. The van der Waals surface area contributed by atoms with Gasteiger partial charge < -0.3 is 5.32 Å². The van der Waals surface area contributed by atoms with Crippen LogP contribution in [0, 0.1) is 5.82 Å². The van der Waals surface area contributed by atoms with Crippen LogP contribution in [0.15, 0.2) is 39.8 Å². The molecule has 3 heterocycles. The van der Waals surface area contributed by atoms with Crippen LogP contribution in [0.4, 0.5) is 19.0 Å². The Hall–Kier alpha value is -2.95. The van der Waals surface area contributed by atoms with Crippen molar-refractivity contribution in [2.75, 3.05) is 16.8 Å². The van der Waals surface area contributed by atoms with Gasteiger partial charge in [-0.2, -0.15) is 0 Å². The first-order chi connectivity index (χ1) is 17.2. The number of halogens is 3. The van der Waals surface area contributed by atoms with Crippen LogP contribution in [0.1, 0.15) is 67.7 Å². The zero-order chi connectivity index (χ0) is 25.6. The van der Waals surface area contributed by atoms with Gasteiger partial charge in [0.25, 0.3) is 12.0 Å². The minimum atomic E-state index is -2.92. The summed E-state index contributed by atoms with van der Waals surface area (Å²) in [6, 6.07) is 5.24. The topological polar surface area (TPSA) is 89.2 Å². The molecule has 0 radical (unpaired) electrons. The summed E-state index contributed by atoms with van der Waals surface area (Å²) in [6.45, 7) is 1.66. The van der Waals surface area contributed by atoms with Crippen molar-refractivity contribution in [3.8, 4) is 0 Å². The van der Waals surface area contributed by atoms with E-state index in [0.717, 1.165) is 18.9 Å². The lowest BCUT2D eigenvalue weighted by atomic mass is 9.94. The number of pyridine rings is 1. The second-order valence-electron chi connectivity index (χ2n) is 9.63. The molecule has 0 bridgehead atoms. The van der Waals surface area contributed by atoms with Gasteiger partial charge in [0.2, 0.25) is 0 Å². The van der Waals surface area contributed by atoms with Crippen molar-refractivity contribution < 1.29 is 17.4 Å². The molecule has 192 valence electrons. The number of nitrogens with one attached hydrogen (secondary N) is 1. The Balaban J connectivity index is 1.48. The van der Waals surface area contributed by atoms with Gasteiger partial charge in [-0.15, -0.1) is 0 Å². The monoisotopic (exact) mass is 519 g/mol. The third kappa shape index (κ3) is 4.72. The van der Waals surface area contributed by atoms with Gasteiger partial charge in [-0.1, -0.05) is 18.2 Å². The molecular weight excluding hydrogens is 491 g/mol. The van der Waals surface area contributed by atoms with Gasteiger partial charge in [0, 0.05) is 39.4 Å². The molecule has 1 atom stereocenters. The molecule has 2 aliphatic rings. The summed E-state index contributed by atoms with van der Waals surface area (Å²) in [5, 5.41) is 3.68. The first kappa shape index (κ1) is 24.7. The van der Waals surface area contributed by atoms with Crippen molar-refractivity contribution in [3.63, 3.8) is 0 Å². The molecule has 1 saturated carbocycles. The number of alkyl halides is 2. The van der Waals surface area contributed by atoms with E-state index in [-0.39, 0.29) is 23.1 Å². The largest absolute Gasteiger partial charge is 0.363 e. The quantitative estimate of drug-likeness (QED) is 0.490. The summed E-state index contributed by atoms with van der Waals surface area (Å²) < 4.78 is 60.1. The number of fused-ring (bicyclic) bond motifs is 1. The van der Waals surface area contributed by atoms with Crippen molar-refractivity contribution >= 4 is 26.6 Å². The molecule has 0 spiro atoms. The van der Waals surface area contributed by atoms with E-state index < -0.39 is 33.6 Å². The Kier molecular flexibility index (Phi) is 6.52. The Morgan fingerprint density at radius 1 is 1.14 bits per heavy atom. The van der Waals surface area contributed by atoms with Crippen LogP contribution < -0.4 is 10.9 Å². The minimum absolute atomic E-state index is 0.0669. The molecule has 5 rings (SSSR count). The number of nitrogens with zero attached hydrogens (tertiary/aromatic N) is 4. The van der Waals surface area contributed by atoms with Gasteiger partial charge in [0.15, 0.2) is 0 Å². The SMILES string of the molecule is C[C@@H](Nc1ncnc2c1cc(C1CCS(=O)(=NC3CC3)CC1)c(=O)n2C)c1cccc(C(F)F)c1F. The average Bonchev–Trinajstić information content (AvgIpc) is 3.65. The molecule has 1 saturated heterocycles. The fourth-order valence-electron chi connectivity index (χ4n) is 4.82. The number of hydrogen-bond donors (Lipinski definition) is 1. The molecule has 2 fully saturated rings. The zero-order valence-electron chi connectivity index (χ0n) is 20.1. The maximum absolute atomic E-state index is 14.7. The van der Waals surface area contributed by atoms with Crippen molar-refractivity contribution in [2.24, 2.45) is 11.4 Å². The lowest BCUT2D eigenvalue weighted by Gasteiger charge is -2.25. The van der Waals surface area contributed by atoms with E-state index in [0.29, 0.717) is 46.8 Å². The molecule has 2 aromatic heterocycles. The predicted molar refractivity (Wildman–Crippen MR) is 133 cm³/mol. The third-order valence-electron chi connectivity index (χ3n) is 7.04. The highest BCUT2D eigenvalue weighted by molar-refractivity contribution is 7.93. The first-order valence-corrected chi connectivity index (χ1v) is 13.9. The van der Waals surface area contributed by atoms with Crippen LogP contribution in [-0.4, -0.2) is 36.3 Å². The van der Waals surface area contributed by atoms with E-state index in [1.165, 1.54) is 23.0 Å². The van der Waals surface area contributed by atoms with Crippen LogP contribution in [0.25, 0.3) is 11.0 Å². The van der Waals surface area contributed by atoms with Gasteiger partial charge in [-0.05, 0) is 44.6 Å². The summed E-state index contributed by atoms with van der Waals surface area (Å²) in [5.41, 5.74) is 0.257. The van der Waals surface area contributed by atoms with Crippen LogP contribution in [-0.2, 0) is 16.8 Å². The molecular formula is C25H28F3N5O2S. The number of aryl methyl sites for hydroxylation is 1. The lowest BCUT2D eigenvalue weighted by Crippen LogP contribution is -2.29. The van der Waals surface area contributed by atoms with Crippen molar-refractivity contribution in [1.82, 2.24) is 14.5 Å². The maximum atomic E-state index is 14.7. The number of anilines is 1. The van der Waals surface area contributed by atoms with Gasteiger partial charge in [0.1, 0.15) is 23.6 Å². The Bertz CT molecular complexity index is 1480. The van der Waals surface area contributed by atoms with E-state index in [4.69, 9.17) is 0 Å². The fraction of sp³-hybridized carbons (Fsp3) is 0.480. The molecule has 1 aliphatic carbocycles. The maximum Gasteiger partial charge on any atom is 0.266 e. The molecule has 11 heteroatoms. The van der Waals surface area contributed by atoms with Crippen LogP contribution in [0.3, 0.4) is 0 Å². The second kappa shape index (κ2) is 9.49. The number of hydrogen-bond acceptors (Lipinski definition) is 6. The molecule has 0 unspecified atom stereocenters. The summed E-state index contributed by atoms with van der Waals surface area (Å²) in [5.74, 6) is 0.295. The lowest BCUT2D eigenvalue weighted by molar-refractivity contribution is 0.146. The van der Waals surface area contributed by atoms with Gasteiger partial charge >= 0.3 is 0 Å². The van der Waals surface area contributed by atoms with Crippen LogP contribution in [0.2, 0.25) is 0 Å². The minimum Gasteiger partial charge on any atom is -0.363 e. The van der Waals surface area contributed by atoms with Crippen LogP contribution in [0.5, 0.6) is 0 Å². The number of aromatic nitrogens is 3. The van der Waals surface area contributed by atoms with E-state index in [1.54, 1.807) is 20.0 Å². The second-order valence-corrected chi connectivity index (χ2v) is 12.2. The number of rotatable bonds is 6. The van der Waals surface area contributed by atoms with Gasteiger partial charge in [-0.3, -0.25) is 9.36 Å². The Morgan fingerprint density at radius 2 is 1.83 bits per heavy atom. The summed E-state index contributed by atoms with van der Waals surface area (Å²) in [4.78, 5) is 21.8. The smallest absolute Gasteiger partial charge is 0.266 e. The van der Waals surface area contributed by atoms with Gasteiger partial charge in [0.05, 0.1) is 23.0 Å². The van der Waals surface area contributed by atoms with Crippen molar-refractivity contribution in [2.45, 2.75) is 57.0 Å². The average molecular weight is 520 g/mol. The third-order valence-corrected chi connectivity index (χ3v) is 9.47. The molecule has 1 aliphatic heterocycles. The van der Waals surface area contributed by atoms with E-state index in [1.807, 2.05) is 0 Å². The van der Waals surface area contributed by atoms with Crippen molar-refractivity contribution in [3.05, 3.63) is 63.5 Å². The Morgan fingerprint density at radius 3 is 2.50 bits per heavy atom. The highest BCUT2D eigenvalue weighted by Gasteiger charge is 2.30. The van der Waals surface area contributed by atoms with E-state index in [9.17, 15) is 22.2 Å². The summed E-state index contributed by atoms with van der Waals surface area (Å²) >= 11 is 0. The molecule has 36 heavy (non-hydrogen) atoms. The molecule has 1 N–H and O–H groups in total. The summed E-state index contributed by atoms with van der Waals surface area (Å²) in [7, 11) is -0.578. The first-order valence-electron chi connectivity index (χ1n) is 12.1. The molecule has 3 aromatic rings. The van der Waals surface area contributed by atoms with E-state index in [2.05, 4.69) is 19.6 Å². The van der Waals surface area contributed by atoms with Crippen molar-refractivity contribution in [1.29, 1.82) is 0 Å². The molecule has 1 aromatic carbocycles. The fourth-order valence-corrected chi connectivity index (χ4v) is 7.30. The van der Waals surface area contributed by atoms with Crippen LogP contribution >= 0.6 is 0 Å². The number of benzene rings is 1. The zero-order valence-corrected chi connectivity index (χ0v) is 20.9.